The third-order valence-electron chi connectivity index (χ3n) is 11.5. The van der Waals surface area contributed by atoms with E-state index in [2.05, 4.69) is 223 Å². The molecule has 0 N–H and O–H groups in total. The summed E-state index contributed by atoms with van der Waals surface area (Å²) in [4.78, 5) is 2.40. The number of fused-ring (bicyclic) bond motifs is 5. The van der Waals surface area contributed by atoms with Crippen molar-refractivity contribution < 1.29 is 4.42 Å². The van der Waals surface area contributed by atoms with Gasteiger partial charge in [0.1, 0.15) is 11.2 Å². The van der Waals surface area contributed by atoms with E-state index in [1.807, 2.05) is 6.07 Å². The molecule has 11 rings (SSSR count). The van der Waals surface area contributed by atoms with Gasteiger partial charge >= 0.3 is 0 Å². The zero-order valence-electron chi connectivity index (χ0n) is 31.7. The predicted molar refractivity (Wildman–Crippen MR) is 245 cm³/mol. The first kappa shape index (κ1) is 33.6. The average molecular weight is 740 g/mol. The molecule has 11 aromatic rings. The summed E-state index contributed by atoms with van der Waals surface area (Å²) in [5.74, 6) is 0. The third kappa shape index (κ3) is 5.74. The lowest BCUT2D eigenvalue weighted by Gasteiger charge is -2.28. The minimum absolute atomic E-state index is 0.889. The molecule has 10 aromatic carbocycles. The van der Waals surface area contributed by atoms with E-state index in [1.165, 1.54) is 49.4 Å². The standard InChI is InChI=1S/C56H37NO/c1-3-21-44-38(15-1)17-12-27-45(44)40-33-35-42(36-34-40)57(54-31-9-7-25-50(54)52-29-14-30-53-51-26-8-10-32-55(51)58-56(52)53)43-20-11-19-41(37-43)47-23-5-6-24-48(47)49-28-13-18-39-16-2-4-22-46(39)49/h1-37H. The van der Waals surface area contributed by atoms with Crippen molar-refractivity contribution in [2.45, 2.75) is 0 Å². The van der Waals surface area contributed by atoms with Crippen LogP contribution < -0.4 is 4.90 Å². The molecule has 0 spiro atoms. The van der Waals surface area contributed by atoms with Gasteiger partial charge < -0.3 is 9.32 Å². The number of para-hydroxylation sites is 3. The Morgan fingerprint density at radius 3 is 1.62 bits per heavy atom. The van der Waals surface area contributed by atoms with Crippen molar-refractivity contribution in [2.24, 2.45) is 0 Å². The molecule has 0 bridgehead atoms. The van der Waals surface area contributed by atoms with Crippen LogP contribution in [0.5, 0.6) is 0 Å². The number of rotatable bonds is 7. The summed E-state index contributed by atoms with van der Waals surface area (Å²) < 4.78 is 6.63. The van der Waals surface area contributed by atoms with Crippen LogP contribution in [0.25, 0.3) is 88.0 Å². The smallest absolute Gasteiger partial charge is 0.143 e. The maximum Gasteiger partial charge on any atom is 0.143 e. The van der Waals surface area contributed by atoms with Crippen LogP contribution in [-0.4, -0.2) is 0 Å². The number of hydrogen-bond donors (Lipinski definition) is 0. The van der Waals surface area contributed by atoms with Crippen molar-refractivity contribution in [3.63, 3.8) is 0 Å². The third-order valence-corrected chi connectivity index (χ3v) is 11.5. The van der Waals surface area contributed by atoms with Gasteiger partial charge in [0.25, 0.3) is 0 Å². The Bertz CT molecular complexity index is 3290. The highest BCUT2D eigenvalue weighted by Crippen LogP contribution is 2.46. The van der Waals surface area contributed by atoms with Gasteiger partial charge in [-0.2, -0.15) is 0 Å². The molecule has 1 heterocycles. The van der Waals surface area contributed by atoms with Crippen molar-refractivity contribution >= 4 is 60.5 Å². The molecular formula is C56H37NO. The van der Waals surface area contributed by atoms with Crippen molar-refractivity contribution in [2.75, 3.05) is 4.90 Å². The summed E-state index contributed by atoms with van der Waals surface area (Å²) in [7, 11) is 0. The first-order valence-electron chi connectivity index (χ1n) is 19.8. The van der Waals surface area contributed by atoms with Crippen LogP contribution in [0.2, 0.25) is 0 Å². The topological polar surface area (TPSA) is 16.4 Å². The monoisotopic (exact) mass is 739 g/mol. The SMILES string of the molecule is c1cc(-c2ccccc2-c2cccc3ccccc23)cc(N(c2ccc(-c3cccc4ccccc34)cc2)c2ccccc2-c2cccc3c2oc2ccccc23)c1. The van der Waals surface area contributed by atoms with Gasteiger partial charge in [-0.15, -0.1) is 0 Å². The van der Waals surface area contributed by atoms with Gasteiger partial charge in [0.2, 0.25) is 0 Å². The maximum atomic E-state index is 6.63. The molecule has 58 heavy (non-hydrogen) atoms. The molecular weight excluding hydrogens is 703 g/mol. The highest BCUT2D eigenvalue weighted by molar-refractivity contribution is 6.11. The molecule has 0 aliphatic carbocycles. The first-order chi connectivity index (χ1) is 28.8. The molecule has 2 heteroatoms. The summed E-state index contributed by atoms with van der Waals surface area (Å²) in [5, 5.41) is 7.20. The normalized spacial score (nSPS) is 11.4. The minimum atomic E-state index is 0.889. The fourth-order valence-electron chi connectivity index (χ4n) is 8.79. The highest BCUT2D eigenvalue weighted by Gasteiger charge is 2.21. The van der Waals surface area contributed by atoms with Crippen LogP contribution in [0.1, 0.15) is 0 Å². The van der Waals surface area contributed by atoms with Crippen LogP contribution >= 0.6 is 0 Å². The number of anilines is 3. The van der Waals surface area contributed by atoms with Gasteiger partial charge in [-0.3, -0.25) is 0 Å². The van der Waals surface area contributed by atoms with Crippen LogP contribution in [0.3, 0.4) is 0 Å². The molecule has 0 radical (unpaired) electrons. The number of hydrogen-bond acceptors (Lipinski definition) is 2. The van der Waals surface area contributed by atoms with Gasteiger partial charge in [0.05, 0.1) is 5.69 Å². The quantitative estimate of drug-likeness (QED) is 0.162. The zero-order chi connectivity index (χ0) is 38.4. The number of nitrogens with zero attached hydrogens (tertiary/aromatic N) is 1. The van der Waals surface area contributed by atoms with Gasteiger partial charge in [0, 0.05) is 33.3 Å². The highest BCUT2D eigenvalue weighted by atomic mass is 16.3. The van der Waals surface area contributed by atoms with Crippen LogP contribution in [0.15, 0.2) is 229 Å². The molecule has 0 aliphatic heterocycles. The lowest BCUT2D eigenvalue weighted by Crippen LogP contribution is -2.11. The molecule has 0 atom stereocenters. The summed E-state index contributed by atoms with van der Waals surface area (Å²) in [6, 6.07) is 80.7. The van der Waals surface area contributed by atoms with Crippen LogP contribution in [-0.2, 0) is 0 Å². The Labute approximate surface area is 337 Å². The Hall–Kier alpha value is -7.68. The van der Waals surface area contributed by atoms with E-state index in [0.29, 0.717) is 0 Å². The fraction of sp³-hybridized carbons (Fsp3) is 0. The van der Waals surface area contributed by atoms with Gasteiger partial charge in [-0.25, -0.2) is 0 Å². The molecule has 0 fully saturated rings. The lowest BCUT2D eigenvalue weighted by atomic mass is 9.91. The second-order valence-corrected chi connectivity index (χ2v) is 14.8. The maximum absolute atomic E-state index is 6.63. The van der Waals surface area contributed by atoms with Crippen molar-refractivity contribution in [3.8, 4) is 44.5 Å². The zero-order valence-corrected chi connectivity index (χ0v) is 31.7. The molecule has 272 valence electrons. The lowest BCUT2D eigenvalue weighted by molar-refractivity contribution is 0.670. The van der Waals surface area contributed by atoms with Crippen molar-refractivity contribution in [1.29, 1.82) is 0 Å². The number of benzene rings is 10. The van der Waals surface area contributed by atoms with Gasteiger partial charge in [-0.1, -0.05) is 188 Å². The van der Waals surface area contributed by atoms with Crippen molar-refractivity contribution in [3.05, 3.63) is 224 Å². The molecule has 2 nitrogen and oxygen atoms in total. The Morgan fingerprint density at radius 2 is 0.828 bits per heavy atom. The molecule has 0 aliphatic rings. The van der Waals surface area contributed by atoms with Crippen LogP contribution in [0.4, 0.5) is 17.1 Å². The molecule has 0 amide bonds. The summed E-state index contributed by atoms with van der Waals surface area (Å²) in [6.07, 6.45) is 0. The molecule has 0 unspecified atom stereocenters. The van der Waals surface area contributed by atoms with E-state index in [-0.39, 0.29) is 0 Å². The molecule has 1 aromatic heterocycles. The molecule has 0 saturated heterocycles. The second-order valence-electron chi connectivity index (χ2n) is 14.8. The first-order valence-corrected chi connectivity index (χ1v) is 19.8. The largest absolute Gasteiger partial charge is 0.455 e. The van der Waals surface area contributed by atoms with Gasteiger partial charge in [-0.05, 0) is 91.3 Å². The summed E-state index contributed by atoms with van der Waals surface area (Å²) >= 11 is 0. The van der Waals surface area contributed by atoms with E-state index in [0.717, 1.165) is 55.7 Å². The Kier molecular flexibility index (Phi) is 8.19. The van der Waals surface area contributed by atoms with E-state index in [4.69, 9.17) is 4.42 Å². The van der Waals surface area contributed by atoms with Gasteiger partial charge in [0.15, 0.2) is 0 Å². The van der Waals surface area contributed by atoms with E-state index in [9.17, 15) is 0 Å². The predicted octanol–water partition coefficient (Wildman–Crippen LogP) is 16.0. The van der Waals surface area contributed by atoms with Crippen LogP contribution in [0, 0.1) is 0 Å². The summed E-state index contributed by atoms with van der Waals surface area (Å²) in [6.45, 7) is 0. The van der Waals surface area contributed by atoms with E-state index < -0.39 is 0 Å². The molecule has 0 saturated carbocycles. The van der Waals surface area contributed by atoms with Crippen molar-refractivity contribution in [1.82, 2.24) is 0 Å². The summed E-state index contributed by atoms with van der Waals surface area (Å²) in [5.41, 5.74) is 14.3. The Morgan fingerprint density at radius 1 is 0.293 bits per heavy atom. The minimum Gasteiger partial charge on any atom is -0.455 e. The average Bonchev–Trinajstić information content (AvgIpc) is 3.68. The number of furan rings is 1. The Balaban J connectivity index is 1.10. The second kappa shape index (κ2) is 14.1. The van der Waals surface area contributed by atoms with E-state index >= 15 is 0 Å². The van der Waals surface area contributed by atoms with E-state index in [1.54, 1.807) is 0 Å². The fourth-order valence-corrected chi connectivity index (χ4v) is 8.79.